The number of ether oxygens (including phenoxy) is 1. The van der Waals surface area contributed by atoms with E-state index in [2.05, 4.69) is 9.97 Å². The summed E-state index contributed by atoms with van der Waals surface area (Å²) in [6.45, 7) is 1.31. The van der Waals surface area contributed by atoms with E-state index in [1.165, 1.54) is 0 Å². The molecular formula is C18H17ClN4O2. The Labute approximate surface area is 150 Å². The Morgan fingerprint density at radius 3 is 2.68 bits per heavy atom. The summed E-state index contributed by atoms with van der Waals surface area (Å²) in [4.78, 5) is 22.8. The molecule has 128 valence electrons. The molecule has 0 saturated carbocycles. The van der Waals surface area contributed by atoms with Crippen LogP contribution in [0.3, 0.4) is 0 Å². The molecule has 3 heterocycles. The molecule has 0 aliphatic carbocycles. The lowest BCUT2D eigenvalue weighted by molar-refractivity contribution is 0.0591. The van der Waals surface area contributed by atoms with Crippen LogP contribution in [0.15, 0.2) is 49.1 Å². The van der Waals surface area contributed by atoms with Crippen molar-refractivity contribution in [2.24, 2.45) is 0 Å². The average Bonchev–Trinajstić information content (AvgIpc) is 3.08. The van der Waals surface area contributed by atoms with Crippen LogP contribution >= 0.6 is 11.6 Å². The molecule has 1 saturated heterocycles. The maximum atomic E-state index is 12.6. The highest BCUT2D eigenvalue weighted by Gasteiger charge is 2.26. The van der Waals surface area contributed by atoms with Crippen molar-refractivity contribution in [2.75, 3.05) is 13.1 Å². The number of carbonyl (C=O) groups excluding carboxylic acids is 1. The van der Waals surface area contributed by atoms with Gasteiger partial charge in [0.1, 0.15) is 17.5 Å². The third-order valence-corrected chi connectivity index (χ3v) is 4.58. The van der Waals surface area contributed by atoms with Gasteiger partial charge < -0.3 is 14.0 Å². The van der Waals surface area contributed by atoms with Crippen molar-refractivity contribution in [3.63, 3.8) is 0 Å². The van der Waals surface area contributed by atoms with Gasteiger partial charge in [-0.1, -0.05) is 11.6 Å². The molecule has 0 spiro atoms. The maximum Gasteiger partial charge on any atom is 0.274 e. The molecule has 1 aromatic carbocycles. The highest BCUT2D eigenvalue weighted by molar-refractivity contribution is 6.30. The lowest BCUT2D eigenvalue weighted by Crippen LogP contribution is -2.41. The number of hydrogen-bond donors (Lipinski definition) is 0. The number of halogens is 1. The zero-order chi connectivity index (χ0) is 17.2. The average molecular weight is 357 g/mol. The predicted octanol–water partition coefficient (Wildman–Crippen LogP) is 3.07. The van der Waals surface area contributed by atoms with Gasteiger partial charge in [-0.05, 0) is 24.3 Å². The number of fused-ring (bicyclic) bond motifs is 1. The number of hydrogen-bond acceptors (Lipinski definition) is 4. The number of aromatic nitrogens is 3. The predicted molar refractivity (Wildman–Crippen MR) is 94.0 cm³/mol. The molecule has 0 atom stereocenters. The summed E-state index contributed by atoms with van der Waals surface area (Å²) < 4.78 is 7.77. The first-order valence-electron chi connectivity index (χ1n) is 8.19. The van der Waals surface area contributed by atoms with Gasteiger partial charge in [0.2, 0.25) is 0 Å². The molecule has 7 heteroatoms. The van der Waals surface area contributed by atoms with E-state index in [9.17, 15) is 4.79 Å². The van der Waals surface area contributed by atoms with Crippen LogP contribution in [-0.4, -0.2) is 44.4 Å². The normalized spacial score (nSPS) is 15.5. The summed E-state index contributed by atoms with van der Waals surface area (Å²) in [5, 5.41) is 0.690. The van der Waals surface area contributed by atoms with Crippen LogP contribution in [0.1, 0.15) is 23.3 Å². The number of piperidine rings is 1. The van der Waals surface area contributed by atoms with Gasteiger partial charge >= 0.3 is 0 Å². The molecule has 25 heavy (non-hydrogen) atoms. The third kappa shape index (κ3) is 3.44. The second-order valence-electron chi connectivity index (χ2n) is 6.03. The molecule has 2 aromatic heterocycles. The molecule has 0 bridgehead atoms. The standard InChI is InChI=1S/C18H17ClN4O2/c19-13-1-3-14(4-2-13)25-15-5-8-22(9-6-15)18(24)16-12-23-10-7-20-11-17(23)21-16/h1-4,7,10-12,15H,5-6,8-9H2. The smallest absolute Gasteiger partial charge is 0.274 e. The molecule has 0 radical (unpaired) electrons. The Hall–Kier alpha value is -2.60. The van der Waals surface area contributed by atoms with E-state index in [0.717, 1.165) is 18.6 Å². The van der Waals surface area contributed by atoms with Crippen LogP contribution in [0.25, 0.3) is 5.65 Å². The highest BCUT2D eigenvalue weighted by atomic mass is 35.5. The van der Waals surface area contributed by atoms with E-state index in [-0.39, 0.29) is 12.0 Å². The SMILES string of the molecule is O=C(c1cn2ccncc2n1)N1CCC(Oc2ccc(Cl)cc2)CC1. The second-order valence-corrected chi connectivity index (χ2v) is 6.47. The Balaban J connectivity index is 1.37. The molecule has 1 aliphatic heterocycles. The van der Waals surface area contributed by atoms with Crippen molar-refractivity contribution in [2.45, 2.75) is 18.9 Å². The van der Waals surface area contributed by atoms with Crippen molar-refractivity contribution >= 4 is 23.2 Å². The minimum atomic E-state index is -0.0476. The molecule has 1 aliphatic rings. The van der Waals surface area contributed by atoms with Crippen molar-refractivity contribution in [1.82, 2.24) is 19.3 Å². The zero-order valence-corrected chi connectivity index (χ0v) is 14.3. The Morgan fingerprint density at radius 2 is 1.96 bits per heavy atom. The van der Waals surface area contributed by atoms with Gasteiger partial charge in [-0.25, -0.2) is 4.98 Å². The van der Waals surface area contributed by atoms with Crippen LogP contribution in [0.2, 0.25) is 5.02 Å². The first-order chi connectivity index (χ1) is 12.2. The van der Waals surface area contributed by atoms with Crippen LogP contribution in [0.5, 0.6) is 5.75 Å². The first-order valence-corrected chi connectivity index (χ1v) is 8.57. The lowest BCUT2D eigenvalue weighted by atomic mass is 10.1. The zero-order valence-electron chi connectivity index (χ0n) is 13.5. The number of nitrogens with zero attached hydrogens (tertiary/aromatic N) is 4. The summed E-state index contributed by atoms with van der Waals surface area (Å²) >= 11 is 5.88. The molecular weight excluding hydrogens is 340 g/mol. The van der Waals surface area contributed by atoms with Crippen LogP contribution < -0.4 is 4.74 Å². The maximum absolute atomic E-state index is 12.6. The largest absolute Gasteiger partial charge is 0.490 e. The van der Waals surface area contributed by atoms with Gasteiger partial charge in [-0.2, -0.15) is 0 Å². The fraction of sp³-hybridized carbons (Fsp3) is 0.278. The number of benzene rings is 1. The quantitative estimate of drug-likeness (QED) is 0.723. The summed E-state index contributed by atoms with van der Waals surface area (Å²) in [5.74, 6) is 0.760. The van der Waals surface area contributed by atoms with Crippen LogP contribution in [0.4, 0.5) is 0 Å². The third-order valence-electron chi connectivity index (χ3n) is 4.33. The molecule has 6 nitrogen and oxygen atoms in total. The topological polar surface area (TPSA) is 59.7 Å². The lowest BCUT2D eigenvalue weighted by Gasteiger charge is -2.31. The highest BCUT2D eigenvalue weighted by Crippen LogP contribution is 2.22. The number of imidazole rings is 1. The van der Waals surface area contributed by atoms with Gasteiger partial charge in [0.15, 0.2) is 5.65 Å². The monoisotopic (exact) mass is 356 g/mol. The molecule has 1 fully saturated rings. The fourth-order valence-corrected chi connectivity index (χ4v) is 3.12. The van der Waals surface area contributed by atoms with Crippen LogP contribution in [-0.2, 0) is 0 Å². The van der Waals surface area contributed by atoms with Gasteiger partial charge in [0.25, 0.3) is 5.91 Å². The number of rotatable bonds is 3. The van der Waals surface area contributed by atoms with E-state index < -0.39 is 0 Å². The van der Waals surface area contributed by atoms with Crippen molar-refractivity contribution in [3.8, 4) is 5.75 Å². The number of likely N-dealkylation sites (tertiary alicyclic amines) is 1. The van der Waals surface area contributed by atoms with Gasteiger partial charge in [-0.15, -0.1) is 0 Å². The minimum Gasteiger partial charge on any atom is -0.490 e. The molecule has 0 N–H and O–H groups in total. The van der Waals surface area contributed by atoms with E-state index in [1.807, 2.05) is 29.2 Å². The second kappa shape index (κ2) is 6.72. The van der Waals surface area contributed by atoms with E-state index in [1.54, 1.807) is 29.2 Å². The Kier molecular flexibility index (Phi) is 4.28. The molecule has 3 aromatic rings. The Morgan fingerprint density at radius 1 is 1.20 bits per heavy atom. The van der Waals surface area contributed by atoms with E-state index in [0.29, 0.717) is 29.5 Å². The summed E-state index contributed by atoms with van der Waals surface area (Å²) in [7, 11) is 0. The van der Waals surface area contributed by atoms with Gasteiger partial charge in [-0.3, -0.25) is 9.78 Å². The first kappa shape index (κ1) is 15.9. The van der Waals surface area contributed by atoms with Crippen LogP contribution in [0, 0.1) is 0 Å². The molecule has 4 rings (SSSR count). The Bertz CT molecular complexity index is 852. The summed E-state index contributed by atoms with van der Waals surface area (Å²) in [5.41, 5.74) is 1.12. The molecule has 1 amide bonds. The molecule has 0 unspecified atom stereocenters. The van der Waals surface area contributed by atoms with Crippen molar-refractivity contribution in [1.29, 1.82) is 0 Å². The van der Waals surface area contributed by atoms with Gasteiger partial charge in [0, 0.05) is 49.5 Å². The summed E-state index contributed by atoms with van der Waals surface area (Å²) in [6, 6.07) is 7.36. The van der Waals surface area contributed by atoms with Gasteiger partial charge in [0.05, 0.1) is 6.20 Å². The van der Waals surface area contributed by atoms with Crippen molar-refractivity contribution < 1.29 is 9.53 Å². The minimum absolute atomic E-state index is 0.0476. The van der Waals surface area contributed by atoms with E-state index >= 15 is 0 Å². The summed E-state index contributed by atoms with van der Waals surface area (Å²) in [6.07, 6.45) is 8.54. The number of carbonyl (C=O) groups is 1. The number of amides is 1. The van der Waals surface area contributed by atoms with Crippen molar-refractivity contribution in [3.05, 3.63) is 59.8 Å². The fourth-order valence-electron chi connectivity index (χ4n) is 2.99. The van der Waals surface area contributed by atoms with E-state index in [4.69, 9.17) is 16.3 Å².